The summed E-state index contributed by atoms with van der Waals surface area (Å²) in [5, 5.41) is 2.87. The fourth-order valence-electron chi connectivity index (χ4n) is 1.82. The second-order valence-corrected chi connectivity index (χ2v) is 4.17. The Labute approximate surface area is 109 Å². The monoisotopic (exact) mass is 266 g/mol. The van der Waals surface area contributed by atoms with Crippen LogP contribution >= 0.6 is 0 Å². The van der Waals surface area contributed by atoms with Crippen LogP contribution in [0.5, 0.6) is 0 Å². The molecule has 2 nitrogen and oxygen atoms in total. The fraction of sp³-hybridized carbons (Fsp3) is 0.214. The third kappa shape index (κ3) is 4.28. The Morgan fingerprint density at radius 3 is 2.37 bits per heavy atom. The van der Waals surface area contributed by atoms with Gasteiger partial charge in [0, 0.05) is 12.4 Å². The molecule has 0 saturated heterocycles. The van der Waals surface area contributed by atoms with Gasteiger partial charge in [-0.1, -0.05) is 30.3 Å². The Morgan fingerprint density at radius 2 is 1.79 bits per heavy atom. The summed E-state index contributed by atoms with van der Waals surface area (Å²) < 4.78 is 37.9. The maximum atomic E-state index is 12.6. The molecule has 1 atom stereocenters. The van der Waals surface area contributed by atoms with Crippen molar-refractivity contribution in [3.63, 3.8) is 0 Å². The minimum absolute atomic E-state index is 0.570. The average molecular weight is 266 g/mol. The summed E-state index contributed by atoms with van der Waals surface area (Å²) in [6, 6.07) is 11.1. The first kappa shape index (κ1) is 13.4. The van der Waals surface area contributed by atoms with Gasteiger partial charge in [-0.25, -0.2) is 0 Å². The van der Waals surface area contributed by atoms with Crippen molar-refractivity contribution in [1.82, 2.24) is 4.98 Å². The van der Waals surface area contributed by atoms with Crippen LogP contribution in [0.25, 0.3) is 0 Å². The molecule has 1 aromatic heterocycles. The van der Waals surface area contributed by atoms with Crippen molar-refractivity contribution in [3.8, 4) is 0 Å². The standard InChI is InChI=1S/C14H13F3N2/c15-14(16,17)9-13(11-5-2-1-3-6-11)19-12-7-4-8-18-10-12/h1-8,10,13,19H,9H2. The molecule has 1 aromatic carbocycles. The predicted molar refractivity (Wildman–Crippen MR) is 67.7 cm³/mol. The van der Waals surface area contributed by atoms with E-state index in [9.17, 15) is 13.2 Å². The van der Waals surface area contributed by atoms with Gasteiger partial charge in [0.2, 0.25) is 0 Å². The highest BCUT2D eigenvalue weighted by atomic mass is 19.4. The Hall–Kier alpha value is -2.04. The first-order valence-corrected chi connectivity index (χ1v) is 5.83. The summed E-state index contributed by atoms with van der Waals surface area (Å²) >= 11 is 0. The zero-order chi connectivity index (χ0) is 13.7. The Kier molecular flexibility index (Phi) is 4.04. The summed E-state index contributed by atoms with van der Waals surface area (Å²) in [6.07, 6.45) is -2.07. The molecule has 0 bridgehead atoms. The minimum atomic E-state index is -4.23. The van der Waals surface area contributed by atoms with E-state index in [-0.39, 0.29) is 0 Å². The number of alkyl halides is 3. The maximum Gasteiger partial charge on any atom is 0.391 e. The third-order valence-electron chi connectivity index (χ3n) is 2.64. The molecule has 0 radical (unpaired) electrons. The summed E-state index contributed by atoms with van der Waals surface area (Å²) in [6.45, 7) is 0. The fourth-order valence-corrected chi connectivity index (χ4v) is 1.82. The molecule has 2 aromatic rings. The summed E-state index contributed by atoms with van der Waals surface area (Å²) in [7, 11) is 0. The van der Waals surface area contributed by atoms with Gasteiger partial charge >= 0.3 is 6.18 Å². The van der Waals surface area contributed by atoms with E-state index in [2.05, 4.69) is 10.3 Å². The second-order valence-electron chi connectivity index (χ2n) is 4.17. The summed E-state index contributed by atoms with van der Waals surface area (Å²) in [5.74, 6) is 0. The van der Waals surface area contributed by atoms with Crippen molar-refractivity contribution in [1.29, 1.82) is 0 Å². The molecule has 1 heterocycles. The number of hydrogen-bond acceptors (Lipinski definition) is 2. The Bertz CT molecular complexity index is 497. The number of nitrogens with one attached hydrogen (secondary N) is 1. The van der Waals surface area contributed by atoms with Gasteiger partial charge in [0.1, 0.15) is 0 Å². The molecule has 0 amide bonds. The molecule has 0 aliphatic heterocycles. The molecule has 0 aliphatic carbocycles. The van der Waals surface area contributed by atoms with Gasteiger partial charge in [0.15, 0.2) is 0 Å². The number of nitrogens with zero attached hydrogens (tertiary/aromatic N) is 1. The van der Waals surface area contributed by atoms with Crippen LogP contribution in [0.2, 0.25) is 0 Å². The number of anilines is 1. The topological polar surface area (TPSA) is 24.9 Å². The van der Waals surface area contributed by atoms with Crippen LogP contribution in [0.15, 0.2) is 54.9 Å². The van der Waals surface area contributed by atoms with Gasteiger partial charge in [-0.3, -0.25) is 4.98 Å². The summed E-state index contributed by atoms with van der Waals surface area (Å²) in [4.78, 5) is 3.88. The number of rotatable bonds is 4. The van der Waals surface area contributed by atoms with E-state index >= 15 is 0 Å². The zero-order valence-corrected chi connectivity index (χ0v) is 10.1. The molecule has 0 fully saturated rings. The van der Waals surface area contributed by atoms with Crippen molar-refractivity contribution in [2.24, 2.45) is 0 Å². The van der Waals surface area contributed by atoms with Gasteiger partial charge in [0.25, 0.3) is 0 Å². The highest BCUT2D eigenvalue weighted by molar-refractivity contribution is 5.43. The van der Waals surface area contributed by atoms with Crippen LogP contribution in [0.1, 0.15) is 18.0 Å². The molecular formula is C14H13F3N2. The smallest absolute Gasteiger partial charge is 0.377 e. The van der Waals surface area contributed by atoms with Crippen molar-refractivity contribution >= 4 is 5.69 Å². The molecule has 0 saturated carbocycles. The van der Waals surface area contributed by atoms with E-state index < -0.39 is 18.6 Å². The minimum Gasteiger partial charge on any atom is -0.377 e. The van der Waals surface area contributed by atoms with E-state index in [1.54, 1.807) is 48.7 Å². The zero-order valence-electron chi connectivity index (χ0n) is 10.1. The van der Waals surface area contributed by atoms with Crippen LogP contribution in [0.3, 0.4) is 0 Å². The number of pyridine rings is 1. The van der Waals surface area contributed by atoms with Gasteiger partial charge in [-0.05, 0) is 17.7 Å². The van der Waals surface area contributed by atoms with Crippen molar-refractivity contribution in [3.05, 3.63) is 60.4 Å². The molecule has 0 aliphatic rings. The van der Waals surface area contributed by atoms with Gasteiger partial charge in [0.05, 0.1) is 18.2 Å². The molecule has 2 rings (SSSR count). The summed E-state index contributed by atoms with van der Waals surface area (Å²) in [5.41, 5.74) is 1.17. The quantitative estimate of drug-likeness (QED) is 0.897. The highest BCUT2D eigenvalue weighted by Crippen LogP contribution is 2.31. The molecule has 0 spiro atoms. The van der Waals surface area contributed by atoms with E-state index in [0.29, 0.717) is 11.3 Å². The van der Waals surface area contributed by atoms with E-state index in [1.807, 2.05) is 0 Å². The van der Waals surface area contributed by atoms with Crippen molar-refractivity contribution in [2.75, 3.05) is 5.32 Å². The Balaban J connectivity index is 2.20. The lowest BCUT2D eigenvalue weighted by molar-refractivity contribution is -0.137. The predicted octanol–water partition coefficient (Wildman–Crippen LogP) is 4.19. The van der Waals surface area contributed by atoms with Crippen LogP contribution < -0.4 is 5.32 Å². The van der Waals surface area contributed by atoms with Gasteiger partial charge in [-0.15, -0.1) is 0 Å². The average Bonchev–Trinajstić information content (AvgIpc) is 2.39. The van der Waals surface area contributed by atoms with Crippen LogP contribution in [0, 0.1) is 0 Å². The van der Waals surface area contributed by atoms with Gasteiger partial charge in [-0.2, -0.15) is 13.2 Å². The second kappa shape index (κ2) is 5.73. The third-order valence-corrected chi connectivity index (χ3v) is 2.64. The molecule has 5 heteroatoms. The lowest BCUT2D eigenvalue weighted by Gasteiger charge is -2.21. The molecule has 100 valence electrons. The number of aromatic nitrogens is 1. The van der Waals surface area contributed by atoms with Crippen molar-refractivity contribution in [2.45, 2.75) is 18.6 Å². The van der Waals surface area contributed by atoms with Crippen LogP contribution in [0.4, 0.5) is 18.9 Å². The lowest BCUT2D eigenvalue weighted by Crippen LogP contribution is -2.20. The number of hydrogen-bond donors (Lipinski definition) is 1. The molecule has 19 heavy (non-hydrogen) atoms. The SMILES string of the molecule is FC(F)(F)CC(Nc1cccnc1)c1ccccc1. The van der Waals surface area contributed by atoms with Crippen LogP contribution in [-0.4, -0.2) is 11.2 Å². The number of benzene rings is 1. The molecular weight excluding hydrogens is 253 g/mol. The first-order chi connectivity index (χ1) is 9.04. The molecule has 1 unspecified atom stereocenters. The van der Waals surface area contributed by atoms with Gasteiger partial charge < -0.3 is 5.32 Å². The lowest BCUT2D eigenvalue weighted by atomic mass is 10.0. The van der Waals surface area contributed by atoms with E-state index in [4.69, 9.17) is 0 Å². The number of halogens is 3. The van der Waals surface area contributed by atoms with E-state index in [0.717, 1.165) is 0 Å². The first-order valence-electron chi connectivity index (χ1n) is 5.83. The van der Waals surface area contributed by atoms with Crippen LogP contribution in [-0.2, 0) is 0 Å². The van der Waals surface area contributed by atoms with Crippen molar-refractivity contribution < 1.29 is 13.2 Å². The normalized spacial score (nSPS) is 13.0. The Morgan fingerprint density at radius 1 is 1.05 bits per heavy atom. The largest absolute Gasteiger partial charge is 0.391 e. The van der Waals surface area contributed by atoms with E-state index in [1.165, 1.54) is 6.20 Å². The maximum absolute atomic E-state index is 12.6. The molecule has 1 N–H and O–H groups in total. The highest BCUT2D eigenvalue weighted by Gasteiger charge is 2.32.